The molecule has 1 aromatic heterocycles. The van der Waals surface area contributed by atoms with Crippen molar-refractivity contribution in [3.05, 3.63) is 102 Å². The van der Waals surface area contributed by atoms with Gasteiger partial charge in [-0.05, 0) is 47.2 Å². The van der Waals surface area contributed by atoms with E-state index in [2.05, 4.69) is 21.5 Å². The number of aromatic carboxylic acids is 1. The molecule has 31 heavy (non-hydrogen) atoms. The van der Waals surface area contributed by atoms with Gasteiger partial charge in [-0.1, -0.05) is 54.3 Å². The summed E-state index contributed by atoms with van der Waals surface area (Å²) in [5.41, 5.74) is 1.26. The van der Waals surface area contributed by atoms with Crippen LogP contribution in [0.3, 0.4) is 0 Å². The first-order valence-electron chi connectivity index (χ1n) is 9.24. The van der Waals surface area contributed by atoms with Gasteiger partial charge in [0.25, 0.3) is 10.0 Å². The number of nitrogens with zero attached hydrogens (tertiary/aromatic N) is 1. The van der Waals surface area contributed by atoms with Gasteiger partial charge in [0.2, 0.25) is 0 Å². The highest BCUT2D eigenvalue weighted by atomic mass is 32.2. The fraction of sp³-hybridized carbons (Fsp3) is 0. The average Bonchev–Trinajstić information content (AvgIpc) is 2.78. The van der Waals surface area contributed by atoms with Crippen molar-refractivity contribution >= 4 is 32.5 Å². The van der Waals surface area contributed by atoms with Gasteiger partial charge in [-0.15, -0.1) is 0 Å². The van der Waals surface area contributed by atoms with Crippen LogP contribution in [0, 0.1) is 11.8 Å². The molecule has 0 fully saturated rings. The number of carboxylic acid groups (broad SMARTS) is 1. The third-order valence-electron chi connectivity index (χ3n) is 4.53. The van der Waals surface area contributed by atoms with Crippen molar-refractivity contribution in [2.24, 2.45) is 0 Å². The van der Waals surface area contributed by atoms with E-state index >= 15 is 0 Å². The molecule has 0 bridgehead atoms. The maximum Gasteiger partial charge on any atom is 0.354 e. The van der Waals surface area contributed by atoms with E-state index < -0.39 is 16.0 Å². The summed E-state index contributed by atoms with van der Waals surface area (Å²) in [5, 5.41) is 10.7. The maximum absolute atomic E-state index is 12.9. The van der Waals surface area contributed by atoms with Crippen molar-refractivity contribution in [3.63, 3.8) is 0 Å². The minimum atomic E-state index is -3.82. The number of hydrogen-bond acceptors (Lipinski definition) is 4. The number of nitrogens with one attached hydrogen (secondary N) is 1. The number of carbonyl (C=O) groups is 1. The van der Waals surface area contributed by atoms with Crippen molar-refractivity contribution in [1.29, 1.82) is 0 Å². The Kier molecular flexibility index (Phi) is 5.39. The fourth-order valence-corrected chi connectivity index (χ4v) is 4.07. The Morgan fingerprint density at radius 2 is 1.61 bits per heavy atom. The van der Waals surface area contributed by atoms with E-state index in [9.17, 15) is 13.2 Å². The van der Waals surface area contributed by atoms with Gasteiger partial charge in [0.05, 0.1) is 10.6 Å². The summed E-state index contributed by atoms with van der Waals surface area (Å²) in [7, 11) is -3.82. The number of sulfonamides is 1. The fourth-order valence-electron chi connectivity index (χ4n) is 2.95. The van der Waals surface area contributed by atoms with Crippen LogP contribution in [-0.4, -0.2) is 24.5 Å². The molecule has 0 aliphatic rings. The molecule has 0 radical (unpaired) electrons. The molecule has 2 N–H and O–H groups in total. The summed E-state index contributed by atoms with van der Waals surface area (Å²) >= 11 is 0. The molecule has 0 spiro atoms. The van der Waals surface area contributed by atoms with Crippen LogP contribution in [0.2, 0.25) is 0 Å². The van der Waals surface area contributed by atoms with E-state index in [0.717, 1.165) is 10.8 Å². The van der Waals surface area contributed by atoms with Gasteiger partial charge in [0, 0.05) is 17.3 Å². The van der Waals surface area contributed by atoms with Gasteiger partial charge in [-0.3, -0.25) is 4.72 Å². The minimum absolute atomic E-state index is 0.0749. The van der Waals surface area contributed by atoms with Crippen molar-refractivity contribution in [2.45, 2.75) is 4.90 Å². The molecule has 0 saturated carbocycles. The highest BCUT2D eigenvalue weighted by Crippen LogP contribution is 2.23. The first-order chi connectivity index (χ1) is 14.9. The Morgan fingerprint density at radius 1 is 0.871 bits per heavy atom. The number of rotatable bonds is 4. The average molecular weight is 428 g/mol. The van der Waals surface area contributed by atoms with Crippen molar-refractivity contribution in [3.8, 4) is 11.8 Å². The third kappa shape index (κ3) is 4.55. The molecule has 4 aromatic rings. The van der Waals surface area contributed by atoms with E-state index in [4.69, 9.17) is 5.11 Å². The molecular formula is C24H16N2O4S. The molecule has 0 atom stereocenters. The largest absolute Gasteiger partial charge is 0.477 e. The molecule has 0 aliphatic carbocycles. The molecule has 152 valence electrons. The van der Waals surface area contributed by atoms with E-state index in [0.29, 0.717) is 16.8 Å². The van der Waals surface area contributed by atoms with Crippen LogP contribution >= 0.6 is 0 Å². The monoisotopic (exact) mass is 428 g/mol. The number of aromatic nitrogens is 1. The van der Waals surface area contributed by atoms with Gasteiger partial charge < -0.3 is 5.11 Å². The molecule has 0 amide bonds. The van der Waals surface area contributed by atoms with E-state index in [1.165, 1.54) is 12.3 Å². The van der Waals surface area contributed by atoms with Gasteiger partial charge in [-0.2, -0.15) is 0 Å². The Bertz CT molecular complexity index is 1450. The quantitative estimate of drug-likeness (QED) is 0.477. The van der Waals surface area contributed by atoms with Gasteiger partial charge in [0.15, 0.2) is 0 Å². The molecule has 1 heterocycles. The molecule has 7 heteroatoms. The summed E-state index contributed by atoms with van der Waals surface area (Å²) in [4.78, 5) is 14.9. The Labute approximate surface area is 179 Å². The zero-order valence-electron chi connectivity index (χ0n) is 16.1. The van der Waals surface area contributed by atoms with E-state index in [1.54, 1.807) is 48.5 Å². The van der Waals surface area contributed by atoms with Crippen LogP contribution in [0.25, 0.3) is 10.8 Å². The summed E-state index contributed by atoms with van der Waals surface area (Å²) < 4.78 is 28.5. The van der Waals surface area contributed by atoms with Crippen molar-refractivity contribution in [1.82, 2.24) is 4.98 Å². The van der Waals surface area contributed by atoms with Gasteiger partial charge in [-0.25, -0.2) is 18.2 Å². The Balaban J connectivity index is 1.63. The smallest absolute Gasteiger partial charge is 0.354 e. The molecule has 6 nitrogen and oxygen atoms in total. The van der Waals surface area contributed by atoms with Crippen molar-refractivity contribution in [2.75, 3.05) is 4.72 Å². The SMILES string of the molecule is O=C(O)c1ccc(C#Cc2ccccc2NS(=O)(=O)c2ccc3ccccc3c2)cn1. The maximum atomic E-state index is 12.9. The second kappa shape index (κ2) is 8.30. The molecule has 3 aromatic carbocycles. The van der Waals surface area contributed by atoms with Crippen LogP contribution < -0.4 is 4.72 Å². The molecule has 0 unspecified atom stereocenters. The highest BCUT2D eigenvalue weighted by Gasteiger charge is 2.16. The first kappa shape index (κ1) is 20.1. The number of carboxylic acids is 1. The van der Waals surface area contributed by atoms with Gasteiger partial charge >= 0.3 is 5.97 Å². The lowest BCUT2D eigenvalue weighted by Gasteiger charge is -2.10. The zero-order valence-corrected chi connectivity index (χ0v) is 16.9. The molecular weight excluding hydrogens is 412 g/mol. The number of hydrogen-bond donors (Lipinski definition) is 2. The van der Waals surface area contributed by atoms with Crippen LogP contribution in [0.5, 0.6) is 0 Å². The van der Waals surface area contributed by atoms with Gasteiger partial charge in [0.1, 0.15) is 5.69 Å². The Hall–Kier alpha value is -4.15. The standard InChI is InChI=1S/C24H16N2O4S/c27-24(28)23-14-10-17(16-25-23)9-11-19-6-3-4-8-22(19)26-31(29,30)21-13-12-18-5-1-2-7-20(18)15-21/h1-8,10,12-16,26H,(H,27,28). The summed E-state index contributed by atoms with van der Waals surface area (Å²) in [6.45, 7) is 0. The van der Waals surface area contributed by atoms with E-state index in [1.807, 2.05) is 24.3 Å². The number of anilines is 1. The predicted molar refractivity (Wildman–Crippen MR) is 118 cm³/mol. The van der Waals surface area contributed by atoms with Crippen LogP contribution in [0.1, 0.15) is 21.6 Å². The second-order valence-corrected chi connectivity index (χ2v) is 8.33. The van der Waals surface area contributed by atoms with Crippen LogP contribution in [-0.2, 0) is 10.0 Å². The lowest BCUT2D eigenvalue weighted by Crippen LogP contribution is -2.13. The lowest BCUT2D eigenvalue weighted by molar-refractivity contribution is 0.0690. The number of fused-ring (bicyclic) bond motifs is 1. The summed E-state index contributed by atoms with van der Waals surface area (Å²) in [6, 6.07) is 22.2. The van der Waals surface area contributed by atoms with Crippen LogP contribution in [0.4, 0.5) is 5.69 Å². The molecule has 0 saturated heterocycles. The number of pyridine rings is 1. The molecule has 4 rings (SSSR count). The summed E-state index contributed by atoms with van der Waals surface area (Å²) in [6.07, 6.45) is 1.36. The summed E-state index contributed by atoms with van der Waals surface area (Å²) in [5.74, 6) is 4.68. The second-order valence-electron chi connectivity index (χ2n) is 6.65. The molecule has 0 aliphatic heterocycles. The lowest BCUT2D eigenvalue weighted by atomic mass is 10.1. The Morgan fingerprint density at radius 3 is 2.35 bits per heavy atom. The van der Waals surface area contributed by atoms with E-state index in [-0.39, 0.29) is 10.6 Å². The number of benzene rings is 3. The normalized spacial score (nSPS) is 10.8. The topological polar surface area (TPSA) is 96.4 Å². The van der Waals surface area contributed by atoms with Crippen molar-refractivity contribution < 1.29 is 18.3 Å². The predicted octanol–water partition coefficient (Wildman–Crippen LogP) is 4.13. The zero-order chi connectivity index (χ0) is 21.8. The minimum Gasteiger partial charge on any atom is -0.477 e. The van der Waals surface area contributed by atoms with Crippen LogP contribution in [0.15, 0.2) is 90.0 Å². The third-order valence-corrected chi connectivity index (χ3v) is 5.89. The number of para-hydroxylation sites is 1. The first-order valence-corrected chi connectivity index (χ1v) is 10.7. The highest BCUT2D eigenvalue weighted by molar-refractivity contribution is 7.92.